The summed E-state index contributed by atoms with van der Waals surface area (Å²) in [7, 11) is 0. The van der Waals surface area contributed by atoms with E-state index in [0.29, 0.717) is 31.0 Å². The van der Waals surface area contributed by atoms with Gasteiger partial charge in [-0.15, -0.1) is 0 Å². The summed E-state index contributed by atoms with van der Waals surface area (Å²) >= 11 is 0. The maximum absolute atomic E-state index is 13.6. The van der Waals surface area contributed by atoms with E-state index in [-0.39, 0.29) is 18.3 Å². The third kappa shape index (κ3) is 5.40. The summed E-state index contributed by atoms with van der Waals surface area (Å²) in [6.45, 7) is 6.73. The molecule has 0 unspecified atom stereocenters. The molecule has 0 spiro atoms. The van der Waals surface area contributed by atoms with Crippen LogP contribution in [0.1, 0.15) is 31.3 Å². The molecule has 2 aromatic carbocycles. The number of benzene rings is 2. The quantitative estimate of drug-likeness (QED) is 0.374. The fourth-order valence-corrected chi connectivity index (χ4v) is 4.66. The Morgan fingerprint density at radius 3 is 2.54 bits per heavy atom. The monoisotopic (exact) mass is 502 g/mol. The van der Waals surface area contributed by atoms with Crippen LogP contribution in [0.5, 0.6) is 5.75 Å². The number of para-hydroxylation sites is 1. The van der Waals surface area contributed by atoms with E-state index in [9.17, 15) is 9.18 Å². The molecule has 1 aliphatic rings. The molecule has 0 saturated carbocycles. The molecule has 1 saturated heterocycles. The Kier molecular flexibility index (Phi) is 7.30. The van der Waals surface area contributed by atoms with Crippen molar-refractivity contribution in [1.29, 1.82) is 0 Å². The van der Waals surface area contributed by atoms with Crippen LogP contribution < -0.4 is 9.64 Å². The second kappa shape index (κ2) is 10.9. The van der Waals surface area contributed by atoms with Crippen LogP contribution in [0, 0.1) is 12.7 Å². The van der Waals surface area contributed by atoms with Gasteiger partial charge in [-0.3, -0.25) is 4.79 Å². The number of hydrogen-bond donors (Lipinski definition) is 0. The maximum Gasteiger partial charge on any atom is 0.260 e. The summed E-state index contributed by atoms with van der Waals surface area (Å²) in [5, 5.41) is 5.64. The molecule has 0 aliphatic carbocycles. The van der Waals surface area contributed by atoms with Gasteiger partial charge < -0.3 is 14.5 Å². The van der Waals surface area contributed by atoms with Crippen molar-refractivity contribution in [2.45, 2.75) is 33.1 Å². The summed E-state index contributed by atoms with van der Waals surface area (Å²) in [6, 6.07) is 15.6. The number of carbonyl (C=O) groups is 1. The number of rotatable bonds is 7. The molecule has 5 rings (SSSR count). The largest absolute Gasteiger partial charge is 0.484 e. The number of anilines is 1. The smallest absolute Gasteiger partial charge is 0.260 e. The SMILES string of the molecule is CCCc1nc(N2CCCN(C(=O)COc3ccccc3)CC2)c2c(C)nn(-c3ccc(F)cc3)c2n1. The highest BCUT2D eigenvalue weighted by molar-refractivity contribution is 5.91. The zero-order valence-corrected chi connectivity index (χ0v) is 21.2. The highest BCUT2D eigenvalue weighted by atomic mass is 19.1. The number of carbonyl (C=O) groups excluding carboxylic acids is 1. The van der Waals surface area contributed by atoms with E-state index in [1.165, 1.54) is 12.1 Å². The van der Waals surface area contributed by atoms with Crippen LogP contribution in [-0.4, -0.2) is 63.3 Å². The van der Waals surface area contributed by atoms with Gasteiger partial charge >= 0.3 is 0 Å². The van der Waals surface area contributed by atoms with Gasteiger partial charge in [0.05, 0.1) is 16.8 Å². The number of aromatic nitrogens is 4. The second-order valence-electron chi connectivity index (χ2n) is 9.21. The number of ether oxygens (including phenoxy) is 1. The molecule has 0 radical (unpaired) electrons. The minimum atomic E-state index is -0.295. The fourth-order valence-electron chi connectivity index (χ4n) is 4.66. The van der Waals surface area contributed by atoms with Crippen molar-refractivity contribution < 1.29 is 13.9 Å². The zero-order chi connectivity index (χ0) is 25.8. The van der Waals surface area contributed by atoms with E-state index in [1.54, 1.807) is 16.8 Å². The van der Waals surface area contributed by atoms with Gasteiger partial charge in [-0.2, -0.15) is 5.10 Å². The van der Waals surface area contributed by atoms with Crippen molar-refractivity contribution in [3.63, 3.8) is 0 Å². The van der Waals surface area contributed by atoms with Gasteiger partial charge in [0.2, 0.25) is 0 Å². The normalized spacial score (nSPS) is 14.1. The predicted octanol–water partition coefficient (Wildman–Crippen LogP) is 4.33. The summed E-state index contributed by atoms with van der Waals surface area (Å²) in [6.07, 6.45) is 2.47. The molecule has 192 valence electrons. The average Bonchev–Trinajstić information content (AvgIpc) is 3.08. The number of hydrogen-bond acceptors (Lipinski definition) is 6. The molecule has 8 nitrogen and oxygen atoms in total. The lowest BCUT2D eigenvalue weighted by molar-refractivity contribution is -0.133. The lowest BCUT2D eigenvalue weighted by Gasteiger charge is -2.24. The van der Waals surface area contributed by atoms with Crippen LogP contribution in [0.25, 0.3) is 16.7 Å². The first kappa shape index (κ1) is 24.7. The van der Waals surface area contributed by atoms with Gasteiger partial charge in [0.1, 0.15) is 23.2 Å². The van der Waals surface area contributed by atoms with E-state index in [2.05, 4.69) is 11.8 Å². The van der Waals surface area contributed by atoms with E-state index in [1.807, 2.05) is 42.2 Å². The Balaban J connectivity index is 1.40. The van der Waals surface area contributed by atoms with Crippen molar-refractivity contribution in [2.24, 2.45) is 0 Å². The Hall–Kier alpha value is -4.01. The standard InChI is InChI=1S/C28H31FN6O2/c1-3-8-24-30-27(26-20(2)32-35(28(26)31-24)22-13-11-21(29)12-14-22)34-16-7-15-33(17-18-34)25(36)19-37-23-9-5-4-6-10-23/h4-6,9-14H,3,7-8,15-19H2,1-2H3. The highest BCUT2D eigenvalue weighted by Gasteiger charge is 2.25. The van der Waals surface area contributed by atoms with E-state index in [4.69, 9.17) is 19.8 Å². The Bertz CT molecular complexity index is 1370. The number of halogens is 1. The third-order valence-corrected chi connectivity index (χ3v) is 6.53. The van der Waals surface area contributed by atoms with Crippen LogP contribution in [0.2, 0.25) is 0 Å². The first-order valence-electron chi connectivity index (χ1n) is 12.8. The molecule has 4 aromatic rings. The highest BCUT2D eigenvalue weighted by Crippen LogP contribution is 2.30. The number of amides is 1. The molecule has 37 heavy (non-hydrogen) atoms. The molecular formula is C28H31FN6O2. The minimum absolute atomic E-state index is 0.0198. The first-order valence-corrected chi connectivity index (χ1v) is 12.8. The Morgan fingerprint density at radius 2 is 1.78 bits per heavy atom. The van der Waals surface area contributed by atoms with Gasteiger partial charge in [-0.05, 0) is 56.2 Å². The molecule has 0 N–H and O–H groups in total. The Labute approximate surface area is 215 Å². The van der Waals surface area contributed by atoms with E-state index in [0.717, 1.165) is 54.2 Å². The maximum atomic E-state index is 13.6. The molecule has 1 aliphatic heterocycles. The molecule has 1 fully saturated rings. The lowest BCUT2D eigenvalue weighted by atomic mass is 10.2. The minimum Gasteiger partial charge on any atom is -0.484 e. The van der Waals surface area contributed by atoms with E-state index >= 15 is 0 Å². The second-order valence-corrected chi connectivity index (χ2v) is 9.21. The molecule has 1 amide bonds. The summed E-state index contributed by atoms with van der Waals surface area (Å²) in [5.41, 5.74) is 2.27. The van der Waals surface area contributed by atoms with Gasteiger partial charge in [0.15, 0.2) is 12.3 Å². The van der Waals surface area contributed by atoms with Gasteiger partial charge in [0.25, 0.3) is 5.91 Å². The molecule has 3 heterocycles. The van der Waals surface area contributed by atoms with Gasteiger partial charge in [-0.25, -0.2) is 19.0 Å². The number of nitrogens with zero attached hydrogens (tertiary/aromatic N) is 6. The third-order valence-electron chi connectivity index (χ3n) is 6.53. The van der Waals surface area contributed by atoms with Crippen molar-refractivity contribution >= 4 is 22.8 Å². The molecule has 2 aromatic heterocycles. The summed E-state index contributed by atoms with van der Waals surface area (Å²) < 4.78 is 21.0. The van der Waals surface area contributed by atoms with Crippen LogP contribution >= 0.6 is 0 Å². The number of fused-ring (bicyclic) bond motifs is 1. The average molecular weight is 503 g/mol. The molecular weight excluding hydrogens is 471 g/mol. The topological polar surface area (TPSA) is 76.4 Å². The summed E-state index contributed by atoms with van der Waals surface area (Å²) in [4.78, 5) is 26.8. The van der Waals surface area contributed by atoms with Crippen LogP contribution in [0.4, 0.5) is 10.2 Å². The predicted molar refractivity (Wildman–Crippen MR) is 141 cm³/mol. The summed E-state index contributed by atoms with van der Waals surface area (Å²) in [5.74, 6) is 1.96. The van der Waals surface area contributed by atoms with Crippen LogP contribution in [0.3, 0.4) is 0 Å². The van der Waals surface area contributed by atoms with E-state index < -0.39 is 0 Å². The van der Waals surface area contributed by atoms with Gasteiger partial charge in [0, 0.05) is 32.6 Å². The molecule has 0 atom stereocenters. The van der Waals surface area contributed by atoms with Crippen molar-refractivity contribution in [3.8, 4) is 11.4 Å². The Morgan fingerprint density at radius 1 is 1.00 bits per heavy atom. The van der Waals surface area contributed by atoms with Crippen LogP contribution in [0.15, 0.2) is 54.6 Å². The molecule has 9 heteroatoms. The lowest BCUT2D eigenvalue weighted by Crippen LogP contribution is -2.38. The van der Waals surface area contributed by atoms with Crippen molar-refractivity contribution in [3.05, 3.63) is 71.9 Å². The first-order chi connectivity index (χ1) is 18.0. The fraction of sp³-hybridized carbons (Fsp3) is 0.357. The molecule has 0 bridgehead atoms. The van der Waals surface area contributed by atoms with Gasteiger partial charge in [-0.1, -0.05) is 25.1 Å². The number of aryl methyl sites for hydroxylation is 2. The van der Waals surface area contributed by atoms with Crippen LogP contribution in [-0.2, 0) is 11.2 Å². The van der Waals surface area contributed by atoms with Crippen molar-refractivity contribution in [1.82, 2.24) is 24.6 Å². The van der Waals surface area contributed by atoms with Crippen molar-refractivity contribution in [2.75, 3.05) is 37.7 Å². The zero-order valence-electron chi connectivity index (χ0n) is 21.2.